The van der Waals surface area contributed by atoms with Crippen molar-refractivity contribution < 1.29 is 22.3 Å². The lowest BCUT2D eigenvalue weighted by molar-refractivity contribution is -0.111. The molecule has 3 rings (SSSR count). The highest BCUT2D eigenvalue weighted by molar-refractivity contribution is 7.92. The molecule has 0 bridgehead atoms. The number of sulfonamides is 1. The second-order valence-corrected chi connectivity index (χ2v) is 8.38. The summed E-state index contributed by atoms with van der Waals surface area (Å²) in [6, 6.07) is 16.3. The summed E-state index contributed by atoms with van der Waals surface area (Å²) >= 11 is 6.11. The normalized spacial score (nSPS) is 11.3. The average Bonchev–Trinajstić information content (AvgIpc) is 2.75. The summed E-state index contributed by atoms with van der Waals surface area (Å²) in [6.45, 7) is 0. The number of methoxy groups -OCH3 is 1. The van der Waals surface area contributed by atoms with Gasteiger partial charge in [-0.15, -0.1) is 0 Å². The van der Waals surface area contributed by atoms with Gasteiger partial charge in [-0.2, -0.15) is 0 Å². The van der Waals surface area contributed by atoms with Gasteiger partial charge >= 0.3 is 0 Å². The van der Waals surface area contributed by atoms with Crippen LogP contribution >= 0.6 is 11.6 Å². The third-order valence-corrected chi connectivity index (χ3v) is 5.87. The van der Waals surface area contributed by atoms with E-state index in [0.29, 0.717) is 11.3 Å². The van der Waals surface area contributed by atoms with Crippen molar-refractivity contribution in [1.29, 1.82) is 0 Å². The molecule has 6 nitrogen and oxygen atoms in total. The molecule has 3 aromatic rings. The maximum atomic E-state index is 13.8. The minimum absolute atomic E-state index is 0.0905. The Kier molecular flexibility index (Phi) is 6.94. The number of ether oxygens (including phenoxy) is 1. The summed E-state index contributed by atoms with van der Waals surface area (Å²) in [4.78, 5) is 12.1. The second kappa shape index (κ2) is 9.63. The molecule has 160 valence electrons. The SMILES string of the molecule is COc1ccccc1C=CC(=O)Nc1cc(S(=O)(=O)Nc2ccccc2F)ccc1Cl. The van der Waals surface area contributed by atoms with E-state index < -0.39 is 21.7 Å². The summed E-state index contributed by atoms with van der Waals surface area (Å²) in [6.07, 6.45) is 2.83. The van der Waals surface area contributed by atoms with Crippen molar-refractivity contribution >= 4 is 45.0 Å². The highest BCUT2D eigenvalue weighted by Crippen LogP contribution is 2.27. The van der Waals surface area contributed by atoms with E-state index in [1.807, 2.05) is 0 Å². The first-order valence-corrected chi connectivity index (χ1v) is 10.9. The van der Waals surface area contributed by atoms with Crippen molar-refractivity contribution in [3.05, 3.63) is 89.2 Å². The predicted octanol–water partition coefficient (Wildman–Crippen LogP) is 4.94. The van der Waals surface area contributed by atoms with Crippen molar-refractivity contribution in [2.75, 3.05) is 17.1 Å². The molecule has 0 atom stereocenters. The number of amides is 1. The van der Waals surface area contributed by atoms with Gasteiger partial charge in [-0.25, -0.2) is 12.8 Å². The fourth-order valence-corrected chi connectivity index (χ4v) is 3.92. The molecule has 0 saturated heterocycles. The molecule has 3 aromatic carbocycles. The van der Waals surface area contributed by atoms with E-state index in [4.69, 9.17) is 16.3 Å². The Morgan fingerprint density at radius 3 is 2.48 bits per heavy atom. The Balaban J connectivity index is 1.80. The van der Waals surface area contributed by atoms with Crippen LogP contribution in [0.1, 0.15) is 5.56 Å². The minimum atomic E-state index is -4.11. The molecule has 9 heteroatoms. The van der Waals surface area contributed by atoms with Crippen LogP contribution in [0, 0.1) is 5.82 Å². The Morgan fingerprint density at radius 1 is 1.03 bits per heavy atom. The molecule has 0 unspecified atom stereocenters. The van der Waals surface area contributed by atoms with Crippen LogP contribution in [0.5, 0.6) is 5.75 Å². The van der Waals surface area contributed by atoms with E-state index in [1.54, 1.807) is 30.3 Å². The number of halogens is 2. The number of benzene rings is 3. The number of para-hydroxylation sites is 2. The number of hydrogen-bond donors (Lipinski definition) is 2. The fourth-order valence-electron chi connectivity index (χ4n) is 2.66. The maximum absolute atomic E-state index is 13.8. The zero-order chi connectivity index (χ0) is 22.4. The first-order chi connectivity index (χ1) is 14.8. The van der Waals surface area contributed by atoms with E-state index in [0.717, 1.165) is 6.07 Å². The quantitative estimate of drug-likeness (QED) is 0.489. The average molecular weight is 461 g/mol. The smallest absolute Gasteiger partial charge is 0.262 e. The molecular weight excluding hydrogens is 443 g/mol. The standard InChI is InChI=1S/C22H18ClFN2O4S/c1-30-21-9-5-2-6-15(21)10-13-22(27)25-20-14-16(11-12-17(20)23)31(28,29)26-19-8-4-3-7-18(19)24/h2-14,26H,1H3,(H,25,27). The predicted molar refractivity (Wildman–Crippen MR) is 119 cm³/mol. The maximum Gasteiger partial charge on any atom is 0.262 e. The Hall–Kier alpha value is -3.36. The van der Waals surface area contributed by atoms with Gasteiger partial charge in [0.05, 0.1) is 28.4 Å². The van der Waals surface area contributed by atoms with Crippen molar-refractivity contribution in [1.82, 2.24) is 0 Å². The van der Waals surface area contributed by atoms with Gasteiger partial charge in [-0.3, -0.25) is 9.52 Å². The third-order valence-electron chi connectivity index (χ3n) is 4.18. The van der Waals surface area contributed by atoms with Gasteiger partial charge in [-0.05, 0) is 42.5 Å². The number of hydrogen-bond acceptors (Lipinski definition) is 4. The Morgan fingerprint density at radius 2 is 1.74 bits per heavy atom. The summed E-state index contributed by atoms with van der Waals surface area (Å²) in [5.74, 6) is -0.642. The molecule has 0 spiro atoms. The Labute approximate surface area is 184 Å². The van der Waals surface area contributed by atoms with Crippen molar-refractivity contribution in [2.45, 2.75) is 4.90 Å². The molecule has 0 aromatic heterocycles. The molecule has 2 N–H and O–H groups in total. The van der Waals surface area contributed by atoms with Gasteiger partial charge in [0.1, 0.15) is 11.6 Å². The van der Waals surface area contributed by atoms with Crippen molar-refractivity contribution in [3.63, 3.8) is 0 Å². The van der Waals surface area contributed by atoms with Gasteiger partial charge in [0, 0.05) is 11.6 Å². The van der Waals surface area contributed by atoms with Gasteiger partial charge in [0.2, 0.25) is 5.91 Å². The van der Waals surface area contributed by atoms with Crippen molar-refractivity contribution in [2.24, 2.45) is 0 Å². The van der Waals surface area contributed by atoms with Crippen LogP contribution in [-0.2, 0) is 14.8 Å². The number of rotatable bonds is 7. The number of carbonyl (C=O) groups excluding carboxylic acids is 1. The van der Waals surface area contributed by atoms with E-state index >= 15 is 0 Å². The van der Waals surface area contributed by atoms with Crippen LogP contribution in [0.15, 0.2) is 77.7 Å². The fraction of sp³-hybridized carbons (Fsp3) is 0.0455. The van der Waals surface area contributed by atoms with Crippen molar-refractivity contribution in [3.8, 4) is 5.75 Å². The largest absolute Gasteiger partial charge is 0.496 e. The molecule has 1 amide bonds. The summed E-state index contributed by atoms with van der Waals surface area (Å²) in [7, 11) is -2.59. The molecule has 0 aliphatic rings. The van der Waals surface area contributed by atoms with E-state index in [2.05, 4.69) is 10.0 Å². The van der Waals surface area contributed by atoms with Crippen LogP contribution in [0.4, 0.5) is 15.8 Å². The lowest BCUT2D eigenvalue weighted by atomic mass is 10.2. The van der Waals surface area contributed by atoms with Gasteiger partial charge in [0.15, 0.2) is 0 Å². The van der Waals surface area contributed by atoms with Crippen LogP contribution in [0.25, 0.3) is 6.08 Å². The van der Waals surface area contributed by atoms with Crippen LogP contribution in [0.3, 0.4) is 0 Å². The van der Waals surface area contributed by atoms with Crippen LogP contribution in [0.2, 0.25) is 5.02 Å². The van der Waals surface area contributed by atoms with Crippen LogP contribution < -0.4 is 14.8 Å². The number of carbonyl (C=O) groups is 1. The molecule has 0 aliphatic heterocycles. The highest BCUT2D eigenvalue weighted by Gasteiger charge is 2.18. The molecule has 0 saturated carbocycles. The molecule has 0 radical (unpaired) electrons. The van der Waals surface area contributed by atoms with Gasteiger partial charge in [-0.1, -0.05) is 41.9 Å². The minimum Gasteiger partial charge on any atom is -0.496 e. The third kappa shape index (κ3) is 5.62. The summed E-state index contributed by atoms with van der Waals surface area (Å²) in [5.41, 5.74) is 0.590. The summed E-state index contributed by atoms with van der Waals surface area (Å²) < 4.78 is 46.5. The van der Waals surface area contributed by atoms with Crippen LogP contribution in [-0.4, -0.2) is 21.4 Å². The number of nitrogens with one attached hydrogen (secondary N) is 2. The zero-order valence-electron chi connectivity index (χ0n) is 16.3. The molecule has 0 fully saturated rings. The first kappa shape index (κ1) is 22.3. The first-order valence-electron chi connectivity index (χ1n) is 8.99. The number of anilines is 2. The highest BCUT2D eigenvalue weighted by atomic mass is 35.5. The summed E-state index contributed by atoms with van der Waals surface area (Å²) in [5, 5.41) is 2.68. The van der Waals surface area contributed by atoms with E-state index in [9.17, 15) is 17.6 Å². The topological polar surface area (TPSA) is 84.5 Å². The molecule has 0 heterocycles. The lowest BCUT2D eigenvalue weighted by Crippen LogP contribution is -2.15. The van der Waals surface area contributed by atoms with E-state index in [1.165, 1.54) is 49.6 Å². The molecule has 31 heavy (non-hydrogen) atoms. The monoisotopic (exact) mass is 460 g/mol. The van der Waals surface area contributed by atoms with E-state index in [-0.39, 0.29) is 21.3 Å². The molecule has 0 aliphatic carbocycles. The lowest BCUT2D eigenvalue weighted by Gasteiger charge is -2.11. The van der Waals surface area contributed by atoms with Gasteiger partial charge < -0.3 is 10.1 Å². The van der Waals surface area contributed by atoms with Gasteiger partial charge in [0.25, 0.3) is 10.0 Å². The zero-order valence-corrected chi connectivity index (χ0v) is 17.9. The Bertz CT molecular complexity index is 1250. The second-order valence-electron chi connectivity index (χ2n) is 6.29. The molecular formula is C22H18ClFN2O4S.